The van der Waals surface area contributed by atoms with Crippen LogP contribution in [0.1, 0.15) is 55.6 Å². The molecule has 1 aliphatic carbocycles. The fourth-order valence-corrected chi connectivity index (χ4v) is 5.90. The van der Waals surface area contributed by atoms with Crippen molar-refractivity contribution in [1.82, 2.24) is 9.80 Å². The molecule has 2 aromatic rings. The summed E-state index contributed by atoms with van der Waals surface area (Å²) in [6.45, 7) is 2.97. The Morgan fingerprint density at radius 3 is 2.16 bits per heavy atom. The van der Waals surface area contributed by atoms with Crippen LogP contribution in [0.25, 0.3) is 0 Å². The molecule has 3 amide bonds. The first kappa shape index (κ1) is 25.1. The minimum absolute atomic E-state index is 0.0221. The lowest BCUT2D eigenvalue weighted by Crippen LogP contribution is -2.42. The van der Waals surface area contributed by atoms with E-state index < -0.39 is 5.97 Å². The molecule has 0 spiro atoms. The average molecular weight is 506 g/mol. The molecule has 0 aromatic heterocycles. The number of anilines is 1. The molecule has 3 aliphatic rings. The van der Waals surface area contributed by atoms with E-state index in [-0.39, 0.29) is 30.7 Å². The molecule has 0 bridgehead atoms. The van der Waals surface area contributed by atoms with Crippen molar-refractivity contribution in [2.24, 2.45) is 5.92 Å². The van der Waals surface area contributed by atoms with Crippen LogP contribution >= 0.6 is 0 Å². The third-order valence-corrected chi connectivity index (χ3v) is 8.16. The van der Waals surface area contributed by atoms with E-state index >= 15 is 0 Å². The van der Waals surface area contributed by atoms with Gasteiger partial charge in [0.2, 0.25) is 0 Å². The largest absolute Gasteiger partial charge is 0.481 e. The molecule has 196 valence electrons. The Hall–Kier alpha value is -3.55. The molecule has 8 heteroatoms. The van der Waals surface area contributed by atoms with Gasteiger partial charge in [-0.2, -0.15) is 0 Å². The topological polar surface area (TPSA) is 90.4 Å². The van der Waals surface area contributed by atoms with Gasteiger partial charge in [0.15, 0.2) is 0 Å². The Kier molecular flexibility index (Phi) is 7.63. The molecule has 5 rings (SSSR count). The van der Waals surface area contributed by atoms with E-state index in [9.17, 15) is 19.5 Å². The summed E-state index contributed by atoms with van der Waals surface area (Å²) in [6.07, 6.45) is 4.31. The van der Waals surface area contributed by atoms with Gasteiger partial charge in [-0.25, -0.2) is 9.59 Å². The molecule has 1 N–H and O–H groups in total. The van der Waals surface area contributed by atoms with Crippen LogP contribution in [0.3, 0.4) is 0 Å². The number of carboxylic acids is 1. The fourth-order valence-electron chi connectivity index (χ4n) is 5.90. The van der Waals surface area contributed by atoms with Gasteiger partial charge in [0.05, 0.1) is 5.92 Å². The summed E-state index contributed by atoms with van der Waals surface area (Å²) >= 11 is 0. The van der Waals surface area contributed by atoms with Crippen molar-refractivity contribution in [2.75, 3.05) is 31.1 Å². The second-order valence-electron chi connectivity index (χ2n) is 10.4. The van der Waals surface area contributed by atoms with Gasteiger partial charge >= 0.3 is 18.1 Å². The first-order valence-electron chi connectivity index (χ1n) is 13.4. The summed E-state index contributed by atoms with van der Waals surface area (Å²) in [5.41, 5.74) is 3.12. The molecule has 0 radical (unpaired) electrons. The van der Waals surface area contributed by atoms with Crippen LogP contribution in [0.5, 0.6) is 0 Å². The lowest BCUT2D eigenvalue weighted by molar-refractivity contribution is -0.143. The van der Waals surface area contributed by atoms with E-state index in [1.165, 1.54) is 5.56 Å². The van der Waals surface area contributed by atoms with Gasteiger partial charge < -0.3 is 19.6 Å². The highest BCUT2D eigenvalue weighted by molar-refractivity contribution is 5.94. The number of ether oxygens (including phenoxy) is 1. The highest BCUT2D eigenvalue weighted by Gasteiger charge is 2.37. The Labute approximate surface area is 217 Å². The zero-order valence-corrected chi connectivity index (χ0v) is 21.1. The number of hydrogen-bond donors (Lipinski definition) is 1. The van der Waals surface area contributed by atoms with Crippen molar-refractivity contribution >= 4 is 23.8 Å². The van der Waals surface area contributed by atoms with Crippen molar-refractivity contribution in [3.05, 3.63) is 65.7 Å². The van der Waals surface area contributed by atoms with E-state index in [1.54, 1.807) is 4.90 Å². The minimum atomic E-state index is -0.721. The smallest absolute Gasteiger partial charge is 0.410 e. The molecule has 3 fully saturated rings. The SMILES string of the molecule is O=C(O)C1CCC(N2CCN(c3ccc(C4CCN(C(=O)OCc5ccccc5)CC4)cc3)C2=O)CC1. The molecule has 2 aromatic carbocycles. The summed E-state index contributed by atoms with van der Waals surface area (Å²) in [7, 11) is 0. The number of hydrogen-bond acceptors (Lipinski definition) is 4. The van der Waals surface area contributed by atoms with Crippen LogP contribution in [0, 0.1) is 5.92 Å². The summed E-state index contributed by atoms with van der Waals surface area (Å²) in [5, 5.41) is 9.24. The number of carbonyl (C=O) groups is 3. The van der Waals surface area contributed by atoms with E-state index in [0.717, 1.165) is 36.9 Å². The van der Waals surface area contributed by atoms with Gasteiger partial charge in [0, 0.05) is 37.9 Å². The predicted molar refractivity (Wildman–Crippen MR) is 139 cm³/mol. The van der Waals surface area contributed by atoms with Gasteiger partial charge in [0.25, 0.3) is 0 Å². The lowest BCUT2D eigenvalue weighted by Gasteiger charge is -2.33. The van der Waals surface area contributed by atoms with E-state index in [1.807, 2.05) is 52.3 Å². The van der Waals surface area contributed by atoms with Crippen molar-refractivity contribution < 1.29 is 24.2 Å². The van der Waals surface area contributed by atoms with E-state index in [0.29, 0.717) is 44.9 Å². The molecule has 1 saturated carbocycles. The second-order valence-corrected chi connectivity index (χ2v) is 10.4. The maximum absolute atomic E-state index is 13.1. The maximum Gasteiger partial charge on any atom is 0.410 e. The van der Waals surface area contributed by atoms with Crippen LogP contribution < -0.4 is 4.90 Å². The number of likely N-dealkylation sites (tertiary alicyclic amines) is 1. The van der Waals surface area contributed by atoms with Crippen LogP contribution in [-0.2, 0) is 16.1 Å². The number of amides is 3. The molecule has 2 heterocycles. The third kappa shape index (κ3) is 5.73. The number of carbonyl (C=O) groups excluding carboxylic acids is 2. The number of carboxylic acid groups (broad SMARTS) is 1. The molecule has 8 nitrogen and oxygen atoms in total. The second kappa shape index (κ2) is 11.2. The first-order chi connectivity index (χ1) is 18.0. The molecular weight excluding hydrogens is 470 g/mol. The van der Waals surface area contributed by atoms with Crippen molar-refractivity contribution in [1.29, 1.82) is 0 Å². The van der Waals surface area contributed by atoms with Crippen LogP contribution in [0.15, 0.2) is 54.6 Å². The highest BCUT2D eigenvalue weighted by atomic mass is 16.6. The monoisotopic (exact) mass is 505 g/mol. The molecule has 2 saturated heterocycles. The number of aliphatic carboxylic acids is 1. The maximum atomic E-state index is 13.1. The van der Waals surface area contributed by atoms with Crippen LogP contribution in [0.2, 0.25) is 0 Å². The number of nitrogens with zero attached hydrogens (tertiary/aromatic N) is 3. The summed E-state index contributed by atoms with van der Waals surface area (Å²) in [5.74, 6) is -0.617. The Bertz CT molecular complexity index is 1090. The van der Waals surface area contributed by atoms with Gasteiger partial charge in [-0.3, -0.25) is 9.69 Å². The van der Waals surface area contributed by atoms with E-state index in [4.69, 9.17) is 4.74 Å². The summed E-state index contributed by atoms with van der Waals surface area (Å²) in [4.78, 5) is 42.4. The average Bonchev–Trinajstić information content (AvgIpc) is 3.33. The number of rotatable bonds is 6. The van der Waals surface area contributed by atoms with Crippen molar-refractivity contribution in [3.63, 3.8) is 0 Å². The van der Waals surface area contributed by atoms with Gasteiger partial charge in [-0.15, -0.1) is 0 Å². The van der Waals surface area contributed by atoms with Gasteiger partial charge in [0.1, 0.15) is 6.61 Å². The standard InChI is InChI=1S/C29H35N3O5/c33-27(34)24-8-12-26(13-9-24)32-19-18-31(28(32)35)25-10-6-22(7-11-25)23-14-16-30(17-15-23)29(36)37-20-21-4-2-1-3-5-21/h1-7,10-11,23-24,26H,8-9,12-20H2,(H,33,34). The van der Waals surface area contributed by atoms with Crippen LogP contribution in [0.4, 0.5) is 15.3 Å². The summed E-state index contributed by atoms with van der Waals surface area (Å²) < 4.78 is 5.48. The Balaban J connectivity index is 1.10. The predicted octanol–water partition coefficient (Wildman–Crippen LogP) is 5.09. The third-order valence-electron chi connectivity index (χ3n) is 8.16. The zero-order chi connectivity index (χ0) is 25.8. The zero-order valence-electron chi connectivity index (χ0n) is 21.1. The molecule has 2 aliphatic heterocycles. The minimum Gasteiger partial charge on any atom is -0.481 e. The normalized spacial score (nSPS) is 22.8. The molecular formula is C29H35N3O5. The Morgan fingerprint density at radius 1 is 0.838 bits per heavy atom. The highest BCUT2D eigenvalue weighted by Crippen LogP contribution is 2.33. The van der Waals surface area contributed by atoms with Crippen molar-refractivity contribution in [3.8, 4) is 0 Å². The van der Waals surface area contributed by atoms with Crippen LogP contribution in [-0.4, -0.2) is 65.2 Å². The number of urea groups is 1. The number of benzene rings is 2. The quantitative estimate of drug-likeness (QED) is 0.591. The van der Waals surface area contributed by atoms with Crippen molar-refractivity contribution in [2.45, 2.75) is 57.1 Å². The fraction of sp³-hybridized carbons (Fsp3) is 0.483. The number of piperidine rings is 1. The summed E-state index contributed by atoms with van der Waals surface area (Å²) in [6, 6.07) is 18.1. The molecule has 0 unspecified atom stereocenters. The van der Waals surface area contributed by atoms with E-state index in [2.05, 4.69) is 12.1 Å². The van der Waals surface area contributed by atoms with Gasteiger partial charge in [-0.1, -0.05) is 42.5 Å². The lowest BCUT2D eigenvalue weighted by atomic mass is 9.85. The first-order valence-corrected chi connectivity index (χ1v) is 13.4. The molecule has 0 atom stereocenters. The van der Waals surface area contributed by atoms with Gasteiger partial charge in [-0.05, 0) is 67.7 Å². The molecule has 37 heavy (non-hydrogen) atoms. The Morgan fingerprint density at radius 2 is 1.51 bits per heavy atom.